The maximum Gasteiger partial charge on any atom is 0.410 e. The molecule has 0 radical (unpaired) electrons. The molecule has 1 amide bonds. The number of aliphatic hydroxyl groups excluding tert-OH is 2. The summed E-state index contributed by atoms with van der Waals surface area (Å²) in [6.45, 7) is 2.37. The summed E-state index contributed by atoms with van der Waals surface area (Å²) in [5, 5.41) is 18.7. The fourth-order valence-corrected chi connectivity index (χ4v) is 2.62. The fraction of sp³-hybridized carbons (Fsp3) is 0.533. The summed E-state index contributed by atoms with van der Waals surface area (Å²) in [6.07, 6.45) is 5.21. The normalized spacial score (nSPS) is 27.2. The van der Waals surface area contributed by atoms with Gasteiger partial charge in [0.25, 0.3) is 0 Å². The fourth-order valence-electron chi connectivity index (χ4n) is 2.62. The van der Waals surface area contributed by atoms with Gasteiger partial charge in [-0.1, -0.05) is 24.5 Å². The zero-order chi connectivity index (χ0) is 14.6. The van der Waals surface area contributed by atoms with Gasteiger partial charge in [-0.05, 0) is 24.5 Å². The third-order valence-electron chi connectivity index (χ3n) is 4.01. The van der Waals surface area contributed by atoms with E-state index in [1.165, 1.54) is 4.90 Å². The molecule has 0 aromatic carbocycles. The molecule has 5 nitrogen and oxygen atoms in total. The van der Waals surface area contributed by atoms with Crippen LogP contribution in [0, 0.1) is 5.92 Å². The van der Waals surface area contributed by atoms with Crippen molar-refractivity contribution in [1.29, 1.82) is 0 Å². The zero-order valence-electron chi connectivity index (χ0n) is 11.5. The van der Waals surface area contributed by atoms with Gasteiger partial charge in [0.15, 0.2) is 0 Å². The lowest BCUT2D eigenvalue weighted by molar-refractivity contribution is -0.0997. The molecule has 0 aromatic heterocycles. The van der Waals surface area contributed by atoms with Gasteiger partial charge in [0, 0.05) is 18.7 Å². The van der Waals surface area contributed by atoms with E-state index in [0.29, 0.717) is 13.0 Å². The van der Waals surface area contributed by atoms with E-state index in [-0.39, 0.29) is 25.7 Å². The van der Waals surface area contributed by atoms with E-state index >= 15 is 0 Å². The van der Waals surface area contributed by atoms with Crippen LogP contribution < -0.4 is 0 Å². The second kappa shape index (κ2) is 6.12. The number of nitrogens with zero attached hydrogens (tertiary/aromatic N) is 1. The molecular formula is C15H19NO4. The van der Waals surface area contributed by atoms with Crippen molar-refractivity contribution >= 4 is 6.09 Å². The number of ether oxygens (including phenoxy) is 1. The minimum Gasteiger partial charge on any atom is -0.444 e. The van der Waals surface area contributed by atoms with Crippen molar-refractivity contribution in [1.82, 2.24) is 4.90 Å². The first-order valence-electron chi connectivity index (χ1n) is 6.67. The number of aliphatic hydroxyl groups is 2. The monoisotopic (exact) mass is 277 g/mol. The van der Waals surface area contributed by atoms with Gasteiger partial charge in [-0.3, -0.25) is 4.90 Å². The molecule has 20 heavy (non-hydrogen) atoms. The summed E-state index contributed by atoms with van der Waals surface area (Å²) in [5.41, 5.74) is 5.70. The third kappa shape index (κ3) is 2.58. The van der Waals surface area contributed by atoms with Crippen LogP contribution in [0.2, 0.25) is 0 Å². The molecule has 1 aliphatic carbocycles. The SMILES string of the molecule is C[C@H]1CN(C(=O)OCC2=C=C=CC=C2)[C@]1(CO)CCO. The number of carbonyl (C=O) groups excluding carboxylic acids is 1. The first kappa shape index (κ1) is 14.6. The Labute approximate surface area is 118 Å². The number of rotatable bonds is 5. The highest BCUT2D eigenvalue weighted by Crippen LogP contribution is 2.39. The van der Waals surface area contributed by atoms with Crippen molar-refractivity contribution in [2.75, 3.05) is 26.4 Å². The molecule has 0 unspecified atom stereocenters. The highest BCUT2D eigenvalue weighted by molar-refractivity contribution is 5.70. The van der Waals surface area contributed by atoms with Crippen molar-refractivity contribution in [3.05, 3.63) is 35.3 Å². The molecule has 1 heterocycles. The van der Waals surface area contributed by atoms with E-state index in [4.69, 9.17) is 9.84 Å². The quantitative estimate of drug-likeness (QED) is 0.735. The standard InChI is InChI=1S/C15H19NO4/c1-12-9-16(15(12,11-18)7-8-17)14(19)20-10-13-5-3-2-4-6-13/h2-3,5,12,17-18H,7-11H2,1H3/t12-,15-/m0/s1. The van der Waals surface area contributed by atoms with Crippen LogP contribution >= 0.6 is 0 Å². The molecule has 1 aliphatic heterocycles. The highest BCUT2D eigenvalue weighted by Gasteiger charge is 2.53. The molecular weight excluding hydrogens is 258 g/mol. The van der Waals surface area contributed by atoms with Crippen molar-refractivity contribution in [2.45, 2.75) is 18.9 Å². The topological polar surface area (TPSA) is 70.0 Å². The number of carbonyl (C=O) groups is 1. The van der Waals surface area contributed by atoms with Gasteiger partial charge < -0.3 is 14.9 Å². The van der Waals surface area contributed by atoms with E-state index in [1.807, 2.05) is 6.92 Å². The average molecular weight is 277 g/mol. The molecule has 1 saturated heterocycles. The van der Waals surface area contributed by atoms with Crippen LogP contribution in [0.5, 0.6) is 0 Å². The highest BCUT2D eigenvalue weighted by atomic mass is 16.6. The van der Waals surface area contributed by atoms with Crippen LogP contribution in [0.1, 0.15) is 13.3 Å². The Kier molecular flexibility index (Phi) is 4.48. The molecule has 0 aromatic rings. The maximum absolute atomic E-state index is 12.1. The van der Waals surface area contributed by atoms with Crippen LogP contribution in [-0.4, -0.2) is 53.1 Å². The van der Waals surface area contributed by atoms with Crippen LogP contribution in [0.15, 0.2) is 35.3 Å². The third-order valence-corrected chi connectivity index (χ3v) is 4.01. The Morgan fingerprint density at radius 3 is 2.95 bits per heavy atom. The van der Waals surface area contributed by atoms with E-state index < -0.39 is 11.6 Å². The number of amides is 1. The number of allylic oxidation sites excluding steroid dienone is 2. The van der Waals surface area contributed by atoms with Crippen LogP contribution in [-0.2, 0) is 4.74 Å². The van der Waals surface area contributed by atoms with E-state index in [0.717, 1.165) is 5.57 Å². The Bertz CT molecular complexity index is 512. The molecule has 1 fully saturated rings. The van der Waals surface area contributed by atoms with Gasteiger partial charge in [0.2, 0.25) is 0 Å². The molecule has 108 valence electrons. The van der Waals surface area contributed by atoms with E-state index in [1.54, 1.807) is 18.2 Å². The van der Waals surface area contributed by atoms with Crippen LogP contribution in [0.25, 0.3) is 0 Å². The van der Waals surface area contributed by atoms with Gasteiger partial charge >= 0.3 is 6.09 Å². The number of hydrogen-bond donors (Lipinski definition) is 2. The molecule has 0 saturated carbocycles. The lowest BCUT2D eigenvalue weighted by Crippen LogP contribution is -2.70. The van der Waals surface area contributed by atoms with Crippen LogP contribution in [0.4, 0.5) is 4.79 Å². The summed E-state index contributed by atoms with van der Waals surface area (Å²) in [5.74, 6) is 0.142. The van der Waals surface area contributed by atoms with Gasteiger partial charge in [-0.25, -0.2) is 4.79 Å². The predicted octanol–water partition coefficient (Wildman–Crippen LogP) is 0.995. The van der Waals surface area contributed by atoms with Gasteiger partial charge in [-0.2, -0.15) is 0 Å². The van der Waals surface area contributed by atoms with E-state index in [2.05, 4.69) is 11.5 Å². The van der Waals surface area contributed by atoms with Crippen molar-refractivity contribution in [3.63, 3.8) is 0 Å². The Morgan fingerprint density at radius 1 is 1.60 bits per heavy atom. The summed E-state index contributed by atoms with van der Waals surface area (Å²) >= 11 is 0. The summed E-state index contributed by atoms with van der Waals surface area (Å²) in [4.78, 5) is 13.6. The molecule has 2 N–H and O–H groups in total. The van der Waals surface area contributed by atoms with Crippen molar-refractivity contribution in [2.24, 2.45) is 5.92 Å². The van der Waals surface area contributed by atoms with Crippen LogP contribution in [0.3, 0.4) is 0 Å². The van der Waals surface area contributed by atoms with Gasteiger partial charge in [0.05, 0.1) is 12.1 Å². The molecule has 2 aliphatic rings. The summed E-state index contributed by atoms with van der Waals surface area (Å²) < 4.78 is 5.23. The predicted molar refractivity (Wildman–Crippen MR) is 73.0 cm³/mol. The van der Waals surface area contributed by atoms with E-state index in [9.17, 15) is 9.90 Å². The molecule has 0 spiro atoms. The number of hydrogen-bond acceptors (Lipinski definition) is 4. The smallest absolute Gasteiger partial charge is 0.410 e. The maximum atomic E-state index is 12.1. The largest absolute Gasteiger partial charge is 0.444 e. The van der Waals surface area contributed by atoms with Crippen molar-refractivity contribution in [3.8, 4) is 0 Å². The van der Waals surface area contributed by atoms with Gasteiger partial charge in [0.1, 0.15) is 6.61 Å². The second-order valence-corrected chi connectivity index (χ2v) is 5.12. The minimum absolute atomic E-state index is 0.0733. The molecule has 0 bridgehead atoms. The minimum atomic E-state index is -0.696. The Balaban J connectivity index is 1.97. The van der Waals surface area contributed by atoms with Crippen molar-refractivity contribution < 1.29 is 19.7 Å². The Hall–Kier alpha value is -1.77. The summed E-state index contributed by atoms with van der Waals surface area (Å²) in [6, 6.07) is 0. The van der Waals surface area contributed by atoms with Gasteiger partial charge in [-0.15, -0.1) is 0 Å². The summed E-state index contributed by atoms with van der Waals surface area (Å²) in [7, 11) is 0. The first-order chi connectivity index (χ1) is 9.64. The molecule has 2 rings (SSSR count). The lowest BCUT2D eigenvalue weighted by Gasteiger charge is -2.56. The number of likely N-dealkylation sites (tertiary alicyclic amines) is 1. The molecule has 5 heteroatoms. The molecule has 2 atom stereocenters. The second-order valence-electron chi connectivity index (χ2n) is 5.12. The lowest BCUT2D eigenvalue weighted by atomic mass is 9.73. The zero-order valence-corrected chi connectivity index (χ0v) is 11.5. The Morgan fingerprint density at radius 2 is 2.40 bits per heavy atom. The average Bonchev–Trinajstić information content (AvgIpc) is 2.48. The first-order valence-corrected chi connectivity index (χ1v) is 6.67.